The van der Waals surface area contributed by atoms with Crippen LogP contribution in [0, 0.1) is 0 Å². The zero-order chi connectivity index (χ0) is 7.82. The summed E-state index contributed by atoms with van der Waals surface area (Å²) >= 11 is 0. The lowest BCUT2D eigenvalue weighted by Gasteiger charge is -1.89. The van der Waals surface area contributed by atoms with E-state index in [9.17, 15) is 0 Å². The predicted octanol–water partition coefficient (Wildman–Crippen LogP) is 2.45. The summed E-state index contributed by atoms with van der Waals surface area (Å²) in [6, 6.07) is 10.5. The second-order valence-electron chi connectivity index (χ2n) is 1.84. The summed E-state index contributed by atoms with van der Waals surface area (Å²) in [6.45, 7) is 6.16. The Hall–Kier alpha value is -0.820. The van der Waals surface area contributed by atoms with Gasteiger partial charge in [0.05, 0.1) is 0 Å². The number of hydrogen-bond acceptors (Lipinski definition) is 0. The van der Waals surface area contributed by atoms with Gasteiger partial charge in [0, 0.05) is 0 Å². The van der Waals surface area contributed by atoms with E-state index in [-0.39, 0.29) is 5.48 Å². The fraction of sp³-hybridized carbons (Fsp3) is 0.400. The Kier molecular flexibility index (Phi) is 10.7. The van der Waals surface area contributed by atoms with Gasteiger partial charge in [-0.15, -0.1) is 0 Å². The molecule has 0 unspecified atom stereocenters. The van der Waals surface area contributed by atoms with Gasteiger partial charge in [-0.1, -0.05) is 51.1 Å². The Labute approximate surface area is 69.4 Å². The molecule has 64 valence electrons. The first kappa shape index (κ1) is 12.8. The molecular formula is C10H18O. The van der Waals surface area contributed by atoms with Gasteiger partial charge in [0.2, 0.25) is 0 Å². The molecule has 0 aromatic heterocycles. The monoisotopic (exact) mass is 154 g/mol. The molecule has 0 aliphatic rings. The topological polar surface area (TPSA) is 31.5 Å². The van der Waals surface area contributed by atoms with Gasteiger partial charge in [-0.3, -0.25) is 0 Å². The fourth-order valence-corrected chi connectivity index (χ4v) is 0.714. The van der Waals surface area contributed by atoms with Gasteiger partial charge in [0.1, 0.15) is 0 Å². The standard InChI is InChI=1S/C8H10.C2H6.H2O/c1-2-8-6-4-3-5-7-8;1-2;/h3-7H,2H2,1H3;1-2H3;1H2. The zero-order valence-electron chi connectivity index (χ0n) is 7.59. The summed E-state index contributed by atoms with van der Waals surface area (Å²) < 4.78 is 0. The van der Waals surface area contributed by atoms with Crippen LogP contribution in [0.15, 0.2) is 30.3 Å². The van der Waals surface area contributed by atoms with Gasteiger partial charge < -0.3 is 5.48 Å². The van der Waals surface area contributed by atoms with Crippen LogP contribution in [-0.4, -0.2) is 5.48 Å². The molecule has 0 aliphatic heterocycles. The van der Waals surface area contributed by atoms with Crippen molar-refractivity contribution in [2.24, 2.45) is 0 Å². The average molecular weight is 154 g/mol. The first-order valence-electron chi connectivity index (χ1n) is 3.97. The van der Waals surface area contributed by atoms with E-state index in [0.717, 1.165) is 6.42 Å². The van der Waals surface area contributed by atoms with E-state index in [2.05, 4.69) is 31.2 Å². The molecule has 1 aromatic rings. The third-order valence-electron chi connectivity index (χ3n) is 1.25. The first-order valence-corrected chi connectivity index (χ1v) is 3.97. The maximum atomic E-state index is 2.16. The highest BCUT2D eigenvalue weighted by atomic mass is 16.0. The molecule has 0 saturated carbocycles. The zero-order valence-corrected chi connectivity index (χ0v) is 7.59. The highest BCUT2D eigenvalue weighted by Gasteiger charge is 1.79. The van der Waals surface area contributed by atoms with E-state index >= 15 is 0 Å². The van der Waals surface area contributed by atoms with Gasteiger partial charge in [0.25, 0.3) is 0 Å². The predicted molar refractivity (Wildman–Crippen MR) is 50.8 cm³/mol. The van der Waals surface area contributed by atoms with Crippen molar-refractivity contribution < 1.29 is 5.48 Å². The van der Waals surface area contributed by atoms with Crippen LogP contribution in [0.3, 0.4) is 0 Å². The van der Waals surface area contributed by atoms with Gasteiger partial charge in [-0.25, -0.2) is 0 Å². The van der Waals surface area contributed by atoms with Crippen molar-refractivity contribution in [1.82, 2.24) is 0 Å². The lowest BCUT2D eigenvalue weighted by atomic mass is 10.2. The molecule has 2 N–H and O–H groups in total. The number of aryl methyl sites for hydroxylation is 1. The summed E-state index contributed by atoms with van der Waals surface area (Å²) in [5.41, 5.74) is 1.41. The van der Waals surface area contributed by atoms with Gasteiger partial charge in [-0.05, 0) is 12.0 Å². The van der Waals surface area contributed by atoms with E-state index < -0.39 is 0 Å². The van der Waals surface area contributed by atoms with Crippen molar-refractivity contribution in [1.29, 1.82) is 0 Å². The molecule has 1 rings (SSSR count). The highest BCUT2D eigenvalue weighted by molar-refractivity contribution is 5.13. The molecule has 1 heteroatoms. The van der Waals surface area contributed by atoms with Crippen LogP contribution in [-0.2, 0) is 6.42 Å². The minimum absolute atomic E-state index is 0. The fourth-order valence-electron chi connectivity index (χ4n) is 0.714. The molecule has 11 heavy (non-hydrogen) atoms. The summed E-state index contributed by atoms with van der Waals surface area (Å²) in [6.07, 6.45) is 1.14. The molecule has 0 spiro atoms. The highest BCUT2D eigenvalue weighted by Crippen LogP contribution is 1.96. The van der Waals surface area contributed by atoms with Crippen LogP contribution in [0.25, 0.3) is 0 Å². The molecule has 0 saturated heterocycles. The molecule has 0 heterocycles. The molecule has 1 aromatic carbocycles. The maximum absolute atomic E-state index is 2.16. The quantitative estimate of drug-likeness (QED) is 0.595. The minimum atomic E-state index is 0. The van der Waals surface area contributed by atoms with E-state index in [4.69, 9.17) is 0 Å². The molecule has 0 atom stereocenters. The van der Waals surface area contributed by atoms with Crippen molar-refractivity contribution in [3.63, 3.8) is 0 Å². The second-order valence-corrected chi connectivity index (χ2v) is 1.84. The Bertz CT molecular complexity index is 146. The smallest absolute Gasteiger partial charge is 0.0307 e. The van der Waals surface area contributed by atoms with Crippen LogP contribution in [0.5, 0.6) is 0 Å². The normalized spacial score (nSPS) is 7.18. The SMILES string of the molecule is CC.CCc1ccccc1.O. The Morgan fingerprint density at radius 3 is 1.73 bits per heavy atom. The maximum Gasteiger partial charge on any atom is -0.0307 e. The van der Waals surface area contributed by atoms with Gasteiger partial charge in [-0.2, -0.15) is 0 Å². The molecule has 1 nitrogen and oxygen atoms in total. The average Bonchev–Trinajstić information content (AvgIpc) is 2.10. The van der Waals surface area contributed by atoms with Crippen molar-refractivity contribution >= 4 is 0 Å². The van der Waals surface area contributed by atoms with E-state index in [1.165, 1.54) is 5.56 Å². The second kappa shape index (κ2) is 9.18. The third kappa shape index (κ3) is 5.62. The van der Waals surface area contributed by atoms with Crippen LogP contribution in [0.2, 0.25) is 0 Å². The third-order valence-corrected chi connectivity index (χ3v) is 1.25. The Balaban J connectivity index is 0. The van der Waals surface area contributed by atoms with E-state index in [1.807, 2.05) is 19.9 Å². The van der Waals surface area contributed by atoms with Gasteiger partial charge in [0.15, 0.2) is 0 Å². The number of rotatable bonds is 1. The van der Waals surface area contributed by atoms with E-state index in [1.54, 1.807) is 0 Å². The Morgan fingerprint density at radius 1 is 1.00 bits per heavy atom. The van der Waals surface area contributed by atoms with Crippen LogP contribution in [0.4, 0.5) is 0 Å². The first-order chi connectivity index (χ1) is 4.93. The molecule has 0 amide bonds. The van der Waals surface area contributed by atoms with Crippen LogP contribution < -0.4 is 0 Å². The summed E-state index contributed by atoms with van der Waals surface area (Å²) in [7, 11) is 0. The molecular weight excluding hydrogens is 136 g/mol. The summed E-state index contributed by atoms with van der Waals surface area (Å²) in [4.78, 5) is 0. The molecule has 0 aliphatic carbocycles. The van der Waals surface area contributed by atoms with Crippen molar-refractivity contribution in [3.05, 3.63) is 35.9 Å². The lowest BCUT2D eigenvalue weighted by molar-refractivity contribution is 0.824. The van der Waals surface area contributed by atoms with Crippen molar-refractivity contribution in [3.8, 4) is 0 Å². The molecule has 0 fully saturated rings. The molecule has 0 radical (unpaired) electrons. The van der Waals surface area contributed by atoms with Crippen molar-refractivity contribution in [2.45, 2.75) is 27.2 Å². The molecule has 0 bridgehead atoms. The van der Waals surface area contributed by atoms with Crippen molar-refractivity contribution in [2.75, 3.05) is 0 Å². The lowest BCUT2D eigenvalue weighted by Crippen LogP contribution is -1.73. The van der Waals surface area contributed by atoms with Crippen LogP contribution >= 0.6 is 0 Å². The number of benzene rings is 1. The minimum Gasteiger partial charge on any atom is -0.412 e. The van der Waals surface area contributed by atoms with Gasteiger partial charge >= 0.3 is 0 Å². The van der Waals surface area contributed by atoms with E-state index in [0.29, 0.717) is 0 Å². The summed E-state index contributed by atoms with van der Waals surface area (Å²) in [5.74, 6) is 0. The number of hydrogen-bond donors (Lipinski definition) is 0. The Morgan fingerprint density at radius 2 is 1.45 bits per heavy atom. The largest absolute Gasteiger partial charge is 0.412 e. The summed E-state index contributed by atoms with van der Waals surface area (Å²) in [5, 5.41) is 0. The van der Waals surface area contributed by atoms with Crippen LogP contribution in [0.1, 0.15) is 26.3 Å².